The lowest BCUT2D eigenvalue weighted by molar-refractivity contribution is -0.129. The third-order valence-corrected chi connectivity index (χ3v) is 3.45. The van der Waals surface area contributed by atoms with Crippen molar-refractivity contribution in [2.45, 2.75) is 0 Å². The monoisotopic (exact) mass is 327 g/mol. The van der Waals surface area contributed by atoms with Crippen LogP contribution in [0.3, 0.4) is 0 Å². The molecule has 0 fully saturated rings. The van der Waals surface area contributed by atoms with E-state index < -0.39 is 11.8 Å². The molecule has 0 atom stereocenters. The van der Waals surface area contributed by atoms with Crippen LogP contribution in [0.2, 0.25) is 0 Å². The van der Waals surface area contributed by atoms with E-state index in [0.717, 1.165) is 0 Å². The first kappa shape index (κ1) is 15.7. The fourth-order valence-corrected chi connectivity index (χ4v) is 2.24. The topological polar surface area (TPSA) is 57.1 Å². The van der Waals surface area contributed by atoms with Crippen LogP contribution in [0.4, 0.5) is 4.39 Å². The highest BCUT2D eigenvalue weighted by atomic mass is 19.1. The molecule has 0 spiro atoms. The molecule has 0 amide bonds. The van der Waals surface area contributed by atoms with Gasteiger partial charge >= 0.3 is 5.97 Å². The molecule has 0 N–H and O–H groups in total. The van der Waals surface area contributed by atoms with Gasteiger partial charge in [0.1, 0.15) is 5.82 Å². The second-order valence-electron chi connectivity index (χ2n) is 4.93. The molecule has 1 aliphatic heterocycles. The molecule has 6 heteroatoms. The molecule has 1 heterocycles. The van der Waals surface area contributed by atoms with Crippen LogP contribution in [0, 0.1) is 5.82 Å². The lowest BCUT2D eigenvalue weighted by Gasteiger charge is -2.08. The first-order valence-corrected chi connectivity index (χ1v) is 7.12. The molecular weight excluding hydrogens is 313 g/mol. The van der Waals surface area contributed by atoms with Crippen molar-refractivity contribution in [3.8, 4) is 11.5 Å². The molecule has 3 rings (SSSR count). The smallest absolute Gasteiger partial charge is 0.363 e. The molecule has 0 bridgehead atoms. The number of halogens is 1. The van der Waals surface area contributed by atoms with Crippen LogP contribution >= 0.6 is 0 Å². The number of ether oxygens (including phenoxy) is 3. The van der Waals surface area contributed by atoms with E-state index in [1.54, 1.807) is 36.4 Å². The van der Waals surface area contributed by atoms with Crippen molar-refractivity contribution in [1.82, 2.24) is 0 Å². The normalized spacial score (nSPS) is 15.2. The molecule has 2 aromatic rings. The molecule has 122 valence electrons. The van der Waals surface area contributed by atoms with Crippen molar-refractivity contribution >= 4 is 17.9 Å². The van der Waals surface area contributed by atoms with Gasteiger partial charge in [0.05, 0.1) is 14.2 Å². The van der Waals surface area contributed by atoms with Crippen molar-refractivity contribution in [3.05, 3.63) is 65.1 Å². The van der Waals surface area contributed by atoms with Crippen LogP contribution in [0.5, 0.6) is 11.5 Å². The summed E-state index contributed by atoms with van der Waals surface area (Å²) in [6, 6.07) is 11.1. The second-order valence-corrected chi connectivity index (χ2v) is 4.93. The van der Waals surface area contributed by atoms with E-state index >= 15 is 0 Å². The molecule has 1 aliphatic rings. The van der Waals surface area contributed by atoms with Crippen LogP contribution in [0.1, 0.15) is 11.1 Å². The van der Waals surface area contributed by atoms with Crippen molar-refractivity contribution < 1.29 is 23.4 Å². The van der Waals surface area contributed by atoms with Crippen molar-refractivity contribution in [2.24, 2.45) is 4.99 Å². The summed E-state index contributed by atoms with van der Waals surface area (Å²) in [7, 11) is 3.04. The predicted octanol–water partition coefficient (Wildman–Crippen LogP) is 3.19. The van der Waals surface area contributed by atoms with E-state index in [-0.39, 0.29) is 17.2 Å². The summed E-state index contributed by atoms with van der Waals surface area (Å²) in [6.07, 6.45) is 1.35. The van der Waals surface area contributed by atoms with E-state index in [1.807, 2.05) is 0 Å². The minimum atomic E-state index is -0.636. The van der Waals surface area contributed by atoms with Gasteiger partial charge in [-0.15, -0.1) is 0 Å². The standard InChI is InChI=1S/C18H14FNO4/c1-22-15-8-7-12(10-16(15)23-2)17-20-14(18(21)24-17)9-11-5-3-4-6-13(11)19/h3-10H,1-2H3/b14-9+. The van der Waals surface area contributed by atoms with Crippen LogP contribution in [-0.4, -0.2) is 26.1 Å². The highest BCUT2D eigenvalue weighted by molar-refractivity contribution is 6.13. The van der Waals surface area contributed by atoms with Crippen molar-refractivity contribution in [1.29, 1.82) is 0 Å². The summed E-state index contributed by atoms with van der Waals surface area (Å²) in [5.74, 6) is 0.0905. The molecule has 0 aliphatic carbocycles. The van der Waals surface area contributed by atoms with Gasteiger partial charge in [-0.3, -0.25) is 0 Å². The van der Waals surface area contributed by atoms with Gasteiger partial charge in [-0.2, -0.15) is 0 Å². The summed E-state index contributed by atoms with van der Waals surface area (Å²) >= 11 is 0. The van der Waals surface area contributed by atoms with Crippen molar-refractivity contribution in [2.75, 3.05) is 14.2 Å². The Hall–Kier alpha value is -3.15. The lowest BCUT2D eigenvalue weighted by atomic mass is 10.2. The number of cyclic esters (lactones) is 1. The van der Waals surface area contributed by atoms with E-state index in [2.05, 4.69) is 4.99 Å². The number of aliphatic imine (C=N–C) groups is 1. The number of rotatable bonds is 4. The summed E-state index contributed by atoms with van der Waals surface area (Å²) in [5.41, 5.74) is 0.851. The fraction of sp³-hybridized carbons (Fsp3) is 0.111. The number of hydrogen-bond donors (Lipinski definition) is 0. The van der Waals surface area contributed by atoms with Gasteiger partial charge in [-0.25, -0.2) is 14.2 Å². The summed E-state index contributed by atoms with van der Waals surface area (Å²) in [6.45, 7) is 0. The number of carbonyl (C=O) groups excluding carboxylic acids is 1. The Morgan fingerprint density at radius 2 is 1.83 bits per heavy atom. The Morgan fingerprint density at radius 1 is 1.08 bits per heavy atom. The van der Waals surface area contributed by atoms with Gasteiger partial charge in [-0.05, 0) is 30.3 Å². The van der Waals surface area contributed by atoms with Crippen LogP contribution in [0.15, 0.2) is 53.2 Å². The Kier molecular flexibility index (Phi) is 4.29. The van der Waals surface area contributed by atoms with Gasteiger partial charge in [0, 0.05) is 11.1 Å². The maximum absolute atomic E-state index is 13.7. The maximum Gasteiger partial charge on any atom is 0.363 e. The largest absolute Gasteiger partial charge is 0.493 e. The summed E-state index contributed by atoms with van der Waals surface area (Å²) in [5, 5.41) is 0. The number of esters is 1. The van der Waals surface area contributed by atoms with E-state index in [0.29, 0.717) is 17.1 Å². The van der Waals surface area contributed by atoms with E-state index in [4.69, 9.17) is 14.2 Å². The highest BCUT2D eigenvalue weighted by Crippen LogP contribution is 2.29. The number of methoxy groups -OCH3 is 2. The number of carbonyl (C=O) groups is 1. The van der Waals surface area contributed by atoms with Crippen LogP contribution in [0.25, 0.3) is 6.08 Å². The summed E-state index contributed by atoms with van der Waals surface area (Å²) in [4.78, 5) is 16.1. The Bertz CT molecular complexity index is 858. The molecule has 5 nitrogen and oxygen atoms in total. The maximum atomic E-state index is 13.7. The van der Waals surface area contributed by atoms with Crippen LogP contribution in [-0.2, 0) is 9.53 Å². The summed E-state index contributed by atoms with van der Waals surface area (Å²) < 4.78 is 29.2. The zero-order valence-electron chi connectivity index (χ0n) is 13.1. The quantitative estimate of drug-likeness (QED) is 0.639. The van der Waals surface area contributed by atoms with Gasteiger partial charge in [0.2, 0.25) is 5.90 Å². The molecular formula is C18H14FNO4. The van der Waals surface area contributed by atoms with Crippen molar-refractivity contribution in [3.63, 3.8) is 0 Å². The molecule has 0 radical (unpaired) electrons. The minimum Gasteiger partial charge on any atom is -0.493 e. The zero-order chi connectivity index (χ0) is 17.1. The highest BCUT2D eigenvalue weighted by Gasteiger charge is 2.25. The molecule has 0 saturated carbocycles. The Morgan fingerprint density at radius 3 is 2.54 bits per heavy atom. The second kappa shape index (κ2) is 6.54. The van der Waals surface area contributed by atoms with E-state index in [1.165, 1.54) is 26.4 Å². The Balaban J connectivity index is 1.96. The molecule has 0 saturated heterocycles. The third-order valence-electron chi connectivity index (χ3n) is 3.45. The van der Waals surface area contributed by atoms with Gasteiger partial charge < -0.3 is 14.2 Å². The molecule has 0 unspecified atom stereocenters. The molecule has 24 heavy (non-hydrogen) atoms. The third kappa shape index (κ3) is 2.99. The SMILES string of the molecule is COc1ccc(C2=N/C(=C/c3ccccc3F)C(=O)O2)cc1OC. The predicted molar refractivity (Wildman–Crippen MR) is 86.6 cm³/mol. The average Bonchev–Trinajstić information content (AvgIpc) is 2.97. The fourth-order valence-electron chi connectivity index (χ4n) is 2.24. The number of nitrogens with zero attached hydrogens (tertiary/aromatic N) is 1. The molecule has 0 aromatic heterocycles. The van der Waals surface area contributed by atoms with Gasteiger partial charge in [0.15, 0.2) is 17.2 Å². The first-order valence-electron chi connectivity index (χ1n) is 7.12. The molecule has 2 aromatic carbocycles. The first-order chi connectivity index (χ1) is 11.6. The average molecular weight is 327 g/mol. The van der Waals surface area contributed by atoms with Gasteiger partial charge in [0.25, 0.3) is 0 Å². The van der Waals surface area contributed by atoms with Gasteiger partial charge in [-0.1, -0.05) is 18.2 Å². The number of hydrogen-bond acceptors (Lipinski definition) is 5. The zero-order valence-corrected chi connectivity index (χ0v) is 13.1. The van der Waals surface area contributed by atoms with Crippen LogP contribution < -0.4 is 9.47 Å². The number of benzene rings is 2. The Labute approximate surface area is 138 Å². The van der Waals surface area contributed by atoms with E-state index in [9.17, 15) is 9.18 Å². The lowest BCUT2D eigenvalue weighted by Crippen LogP contribution is -2.06. The minimum absolute atomic E-state index is 0.0323.